The summed E-state index contributed by atoms with van der Waals surface area (Å²) in [5, 5.41) is 3.47. The van der Waals surface area contributed by atoms with E-state index in [4.69, 9.17) is 22.1 Å². The van der Waals surface area contributed by atoms with E-state index >= 15 is 0 Å². The van der Waals surface area contributed by atoms with Crippen LogP contribution in [-0.2, 0) is 4.79 Å². The topological polar surface area (TPSA) is 64.3 Å². The van der Waals surface area contributed by atoms with Crippen LogP contribution in [0.15, 0.2) is 36.4 Å². The number of halogens is 1. The predicted octanol–water partition coefficient (Wildman–Crippen LogP) is 3.56. The number of carbonyl (C=O) groups is 1. The summed E-state index contributed by atoms with van der Waals surface area (Å²) in [5.74, 6) is 0.376. The normalized spacial score (nSPS) is 10.2. The van der Waals surface area contributed by atoms with E-state index < -0.39 is 0 Å². The molecule has 0 saturated heterocycles. The van der Waals surface area contributed by atoms with Crippen LogP contribution in [0.4, 0.5) is 11.4 Å². The highest BCUT2D eigenvalue weighted by Crippen LogP contribution is 2.23. The van der Waals surface area contributed by atoms with Gasteiger partial charge in [-0.2, -0.15) is 0 Å². The van der Waals surface area contributed by atoms with Crippen LogP contribution in [0.2, 0.25) is 5.02 Å². The van der Waals surface area contributed by atoms with Crippen LogP contribution in [0.3, 0.4) is 0 Å². The van der Waals surface area contributed by atoms with Crippen LogP contribution in [0.5, 0.6) is 5.75 Å². The van der Waals surface area contributed by atoms with Crippen LogP contribution in [0, 0.1) is 13.8 Å². The highest BCUT2D eigenvalue weighted by atomic mass is 35.5. The molecule has 4 nitrogen and oxygen atoms in total. The quantitative estimate of drug-likeness (QED) is 0.849. The van der Waals surface area contributed by atoms with E-state index in [0.29, 0.717) is 16.5 Å². The highest BCUT2D eigenvalue weighted by Gasteiger charge is 2.09. The summed E-state index contributed by atoms with van der Waals surface area (Å²) in [7, 11) is 0. The summed E-state index contributed by atoms with van der Waals surface area (Å²) >= 11 is 5.78. The molecule has 0 aliphatic carbocycles. The summed E-state index contributed by atoms with van der Waals surface area (Å²) in [4.78, 5) is 11.9. The number of nitrogens with one attached hydrogen (secondary N) is 1. The maximum atomic E-state index is 11.9. The zero-order valence-corrected chi connectivity index (χ0v) is 12.7. The van der Waals surface area contributed by atoms with Gasteiger partial charge in [-0.25, -0.2) is 0 Å². The number of benzene rings is 2. The number of nitrogens with two attached hydrogens (primary N) is 1. The van der Waals surface area contributed by atoms with Gasteiger partial charge in [0, 0.05) is 16.4 Å². The first-order valence-corrected chi connectivity index (χ1v) is 6.88. The van der Waals surface area contributed by atoms with Crippen LogP contribution in [0.1, 0.15) is 11.1 Å². The van der Waals surface area contributed by atoms with Crippen molar-refractivity contribution in [3.05, 3.63) is 52.5 Å². The van der Waals surface area contributed by atoms with Gasteiger partial charge in [0.15, 0.2) is 6.61 Å². The van der Waals surface area contributed by atoms with Crippen molar-refractivity contribution in [1.82, 2.24) is 0 Å². The Morgan fingerprint density at radius 2 is 1.76 bits per heavy atom. The summed E-state index contributed by atoms with van der Waals surface area (Å²) < 4.78 is 5.40. The lowest BCUT2D eigenvalue weighted by atomic mass is 10.1. The first kappa shape index (κ1) is 15.2. The Hall–Kier alpha value is -2.20. The third kappa shape index (κ3) is 4.13. The lowest BCUT2D eigenvalue weighted by Gasteiger charge is -2.13. The molecule has 0 aromatic heterocycles. The van der Waals surface area contributed by atoms with E-state index in [1.165, 1.54) is 0 Å². The smallest absolute Gasteiger partial charge is 0.262 e. The molecule has 0 radical (unpaired) electrons. The van der Waals surface area contributed by atoms with Crippen LogP contribution in [-0.4, -0.2) is 12.5 Å². The Morgan fingerprint density at radius 1 is 1.19 bits per heavy atom. The fourth-order valence-electron chi connectivity index (χ4n) is 2.05. The summed E-state index contributed by atoms with van der Waals surface area (Å²) in [6.45, 7) is 3.74. The molecule has 0 spiro atoms. The molecule has 2 aromatic carbocycles. The van der Waals surface area contributed by atoms with Crippen molar-refractivity contribution in [3.63, 3.8) is 0 Å². The van der Waals surface area contributed by atoms with Gasteiger partial charge in [-0.3, -0.25) is 4.79 Å². The number of hydrogen-bond acceptors (Lipinski definition) is 3. The van der Waals surface area contributed by atoms with Gasteiger partial charge in [-0.05, 0) is 61.4 Å². The first-order chi connectivity index (χ1) is 9.95. The molecular formula is C16H17ClN2O2. The molecule has 0 aliphatic rings. The Kier molecular flexibility index (Phi) is 4.70. The number of hydrogen-bond donors (Lipinski definition) is 2. The van der Waals surface area contributed by atoms with Gasteiger partial charge in [-0.1, -0.05) is 11.6 Å². The second-order valence-corrected chi connectivity index (χ2v) is 5.26. The lowest BCUT2D eigenvalue weighted by Crippen LogP contribution is -2.21. The maximum absolute atomic E-state index is 11.9. The largest absolute Gasteiger partial charge is 0.484 e. The van der Waals surface area contributed by atoms with E-state index in [0.717, 1.165) is 16.8 Å². The van der Waals surface area contributed by atoms with Crippen molar-refractivity contribution >= 4 is 28.9 Å². The molecule has 0 bridgehead atoms. The number of rotatable bonds is 4. The molecule has 1 amide bonds. The van der Waals surface area contributed by atoms with Gasteiger partial charge in [-0.15, -0.1) is 0 Å². The second-order valence-electron chi connectivity index (χ2n) is 4.82. The summed E-state index contributed by atoms with van der Waals surface area (Å²) in [6, 6.07) is 10.5. The van der Waals surface area contributed by atoms with Crippen molar-refractivity contribution in [3.8, 4) is 5.75 Å². The van der Waals surface area contributed by atoms with Gasteiger partial charge in [0.2, 0.25) is 0 Å². The van der Waals surface area contributed by atoms with Gasteiger partial charge < -0.3 is 15.8 Å². The van der Waals surface area contributed by atoms with Crippen molar-refractivity contribution in [2.75, 3.05) is 17.7 Å². The Balaban J connectivity index is 1.97. The van der Waals surface area contributed by atoms with Crippen molar-refractivity contribution in [2.24, 2.45) is 0 Å². The Bertz CT molecular complexity index is 631. The van der Waals surface area contributed by atoms with Crippen molar-refractivity contribution in [1.29, 1.82) is 0 Å². The van der Waals surface area contributed by atoms with Crippen LogP contribution >= 0.6 is 11.6 Å². The second kappa shape index (κ2) is 6.50. The Morgan fingerprint density at radius 3 is 2.33 bits per heavy atom. The van der Waals surface area contributed by atoms with Gasteiger partial charge in [0.1, 0.15) is 5.75 Å². The minimum absolute atomic E-state index is 0.0646. The minimum atomic E-state index is -0.221. The standard InChI is InChI=1S/C16H17ClN2O2/c1-10-7-13(18)8-11(2)16(10)19-15(20)9-21-14-5-3-12(17)4-6-14/h3-8H,9,18H2,1-2H3,(H,19,20). The van der Waals surface area contributed by atoms with Gasteiger partial charge >= 0.3 is 0 Å². The number of ether oxygens (including phenoxy) is 1. The zero-order valence-electron chi connectivity index (χ0n) is 11.9. The molecule has 0 aliphatic heterocycles. The zero-order chi connectivity index (χ0) is 15.4. The number of anilines is 2. The number of amides is 1. The fraction of sp³-hybridized carbons (Fsp3) is 0.188. The molecular weight excluding hydrogens is 288 g/mol. The van der Waals surface area contributed by atoms with E-state index in [1.54, 1.807) is 24.3 Å². The third-order valence-corrected chi connectivity index (χ3v) is 3.25. The molecule has 3 N–H and O–H groups in total. The average Bonchev–Trinajstić information content (AvgIpc) is 2.42. The molecule has 0 unspecified atom stereocenters. The highest BCUT2D eigenvalue weighted by molar-refractivity contribution is 6.30. The third-order valence-electron chi connectivity index (χ3n) is 3.00. The maximum Gasteiger partial charge on any atom is 0.262 e. The first-order valence-electron chi connectivity index (χ1n) is 6.50. The van der Waals surface area contributed by atoms with Gasteiger partial charge in [0.25, 0.3) is 5.91 Å². The molecule has 0 fully saturated rings. The lowest BCUT2D eigenvalue weighted by molar-refractivity contribution is -0.118. The SMILES string of the molecule is Cc1cc(N)cc(C)c1NC(=O)COc1ccc(Cl)cc1. The monoisotopic (exact) mass is 304 g/mol. The predicted molar refractivity (Wildman–Crippen MR) is 85.9 cm³/mol. The van der Waals surface area contributed by atoms with E-state index in [1.807, 2.05) is 26.0 Å². The summed E-state index contributed by atoms with van der Waals surface area (Å²) in [5.41, 5.74) is 9.06. The molecule has 110 valence electrons. The molecule has 2 rings (SSSR count). The number of nitrogen functional groups attached to an aromatic ring is 1. The van der Waals surface area contributed by atoms with Crippen LogP contribution < -0.4 is 15.8 Å². The van der Waals surface area contributed by atoms with E-state index in [9.17, 15) is 4.79 Å². The average molecular weight is 305 g/mol. The minimum Gasteiger partial charge on any atom is -0.484 e. The Labute approximate surface area is 128 Å². The van der Waals surface area contributed by atoms with E-state index in [-0.39, 0.29) is 12.5 Å². The molecule has 0 atom stereocenters. The fourth-order valence-corrected chi connectivity index (χ4v) is 2.18. The molecule has 0 saturated carbocycles. The van der Waals surface area contributed by atoms with Gasteiger partial charge in [0.05, 0.1) is 0 Å². The number of aryl methyl sites for hydroxylation is 2. The molecule has 2 aromatic rings. The number of carbonyl (C=O) groups excluding carboxylic acids is 1. The van der Waals surface area contributed by atoms with Crippen LogP contribution in [0.25, 0.3) is 0 Å². The van der Waals surface area contributed by atoms with Crippen molar-refractivity contribution < 1.29 is 9.53 Å². The van der Waals surface area contributed by atoms with Crippen molar-refractivity contribution in [2.45, 2.75) is 13.8 Å². The molecule has 5 heteroatoms. The van der Waals surface area contributed by atoms with E-state index in [2.05, 4.69) is 5.32 Å². The summed E-state index contributed by atoms with van der Waals surface area (Å²) in [6.07, 6.45) is 0. The molecule has 21 heavy (non-hydrogen) atoms. The molecule has 0 heterocycles.